The summed E-state index contributed by atoms with van der Waals surface area (Å²) in [5.74, 6) is -1.81. The average molecular weight is 314 g/mol. The molecule has 19 heavy (non-hydrogen) atoms. The van der Waals surface area contributed by atoms with Crippen LogP contribution in [0.15, 0.2) is 0 Å². The Hall–Kier alpha value is -1.03. The standard InChI is InChI=1S/C8H6ClF6NO3/c1-16-3(2-4(9)17)5(18)19-6(16,7(10,11)12)8(13,14)15/h3H,2H2,1H3/t3-/m0/s1. The number of hydrogen-bond acceptors (Lipinski definition) is 4. The van der Waals surface area contributed by atoms with Crippen molar-refractivity contribution in [1.82, 2.24) is 4.90 Å². The molecule has 1 aliphatic rings. The minimum absolute atomic E-state index is 0.379. The molecule has 0 aromatic rings. The van der Waals surface area contributed by atoms with Crippen molar-refractivity contribution in [1.29, 1.82) is 0 Å². The Morgan fingerprint density at radius 2 is 1.74 bits per heavy atom. The molecule has 1 fully saturated rings. The SMILES string of the molecule is CN1[C@@H](CC(=O)Cl)C(=O)OC1(C(F)(F)F)C(F)(F)F. The fourth-order valence-corrected chi connectivity index (χ4v) is 1.86. The van der Waals surface area contributed by atoms with Crippen molar-refractivity contribution in [3.8, 4) is 0 Å². The summed E-state index contributed by atoms with van der Waals surface area (Å²) in [5, 5.41) is -1.26. The van der Waals surface area contributed by atoms with Gasteiger partial charge in [-0.2, -0.15) is 26.3 Å². The first-order chi connectivity index (χ1) is 8.34. The van der Waals surface area contributed by atoms with E-state index in [0.717, 1.165) is 0 Å². The molecule has 1 rings (SSSR count). The minimum atomic E-state index is -5.92. The first-order valence-electron chi connectivity index (χ1n) is 4.62. The Balaban J connectivity index is 3.30. The number of carbonyl (C=O) groups excluding carboxylic acids is 2. The molecule has 0 aliphatic carbocycles. The van der Waals surface area contributed by atoms with E-state index in [-0.39, 0.29) is 4.90 Å². The van der Waals surface area contributed by atoms with Gasteiger partial charge in [0.15, 0.2) is 0 Å². The Kier molecular flexibility index (Phi) is 3.81. The van der Waals surface area contributed by atoms with Gasteiger partial charge in [-0.25, -0.2) is 4.90 Å². The summed E-state index contributed by atoms with van der Waals surface area (Å²) in [7, 11) is 0.385. The smallest absolute Gasteiger partial charge is 0.423 e. The zero-order valence-electron chi connectivity index (χ0n) is 9.10. The van der Waals surface area contributed by atoms with Crippen LogP contribution < -0.4 is 0 Å². The highest BCUT2D eigenvalue weighted by molar-refractivity contribution is 6.63. The topological polar surface area (TPSA) is 46.6 Å². The molecule has 110 valence electrons. The van der Waals surface area contributed by atoms with Gasteiger partial charge in [0.2, 0.25) is 5.24 Å². The predicted octanol–water partition coefficient (Wildman–Crippen LogP) is 1.82. The Morgan fingerprint density at radius 1 is 1.32 bits per heavy atom. The van der Waals surface area contributed by atoms with Gasteiger partial charge in [0.1, 0.15) is 6.04 Å². The molecule has 0 N–H and O–H groups in total. The molecule has 0 unspecified atom stereocenters. The van der Waals surface area contributed by atoms with Crippen LogP contribution in [0.2, 0.25) is 0 Å². The van der Waals surface area contributed by atoms with Gasteiger partial charge in [-0.3, -0.25) is 9.59 Å². The van der Waals surface area contributed by atoms with E-state index in [1.807, 2.05) is 0 Å². The monoisotopic (exact) mass is 313 g/mol. The maximum absolute atomic E-state index is 12.7. The average Bonchev–Trinajstić information content (AvgIpc) is 2.40. The molecule has 1 atom stereocenters. The molecule has 0 spiro atoms. The molecule has 1 heterocycles. The van der Waals surface area contributed by atoms with Crippen LogP contribution >= 0.6 is 11.6 Å². The van der Waals surface area contributed by atoms with Crippen LogP contribution in [0, 0.1) is 0 Å². The highest BCUT2D eigenvalue weighted by atomic mass is 35.5. The molecule has 0 amide bonds. The van der Waals surface area contributed by atoms with E-state index in [0.29, 0.717) is 7.05 Å². The van der Waals surface area contributed by atoms with Crippen molar-refractivity contribution in [3.05, 3.63) is 0 Å². The number of likely N-dealkylation sites (N-methyl/N-ethyl adjacent to an activating group) is 1. The van der Waals surface area contributed by atoms with Crippen LogP contribution in [0.25, 0.3) is 0 Å². The molecular formula is C8H6ClF6NO3. The second-order valence-electron chi connectivity index (χ2n) is 3.75. The fraction of sp³-hybridized carbons (Fsp3) is 0.750. The lowest BCUT2D eigenvalue weighted by molar-refractivity contribution is -0.398. The third kappa shape index (κ3) is 2.38. The molecule has 0 saturated carbocycles. The Morgan fingerprint density at radius 3 is 2.00 bits per heavy atom. The number of esters is 1. The van der Waals surface area contributed by atoms with E-state index in [1.165, 1.54) is 0 Å². The quantitative estimate of drug-likeness (QED) is 0.443. The lowest BCUT2D eigenvalue weighted by Crippen LogP contribution is -2.65. The number of alkyl halides is 6. The summed E-state index contributed by atoms with van der Waals surface area (Å²) in [6, 6.07) is -2.05. The maximum atomic E-state index is 12.7. The van der Waals surface area contributed by atoms with E-state index in [2.05, 4.69) is 4.74 Å². The number of nitrogens with zero attached hydrogens (tertiary/aromatic N) is 1. The third-order valence-electron chi connectivity index (χ3n) is 2.61. The number of ether oxygens (including phenoxy) is 1. The first kappa shape index (κ1) is 16.0. The summed E-state index contributed by atoms with van der Waals surface area (Å²) >= 11 is 4.87. The van der Waals surface area contributed by atoms with Crippen molar-refractivity contribution in [2.45, 2.75) is 30.5 Å². The second-order valence-corrected chi connectivity index (χ2v) is 4.17. The van der Waals surface area contributed by atoms with Crippen molar-refractivity contribution in [3.63, 3.8) is 0 Å². The number of rotatable bonds is 2. The Bertz CT molecular complexity index is 392. The van der Waals surface area contributed by atoms with E-state index < -0.39 is 41.8 Å². The van der Waals surface area contributed by atoms with Gasteiger partial charge in [0.05, 0.1) is 0 Å². The molecule has 0 aromatic carbocycles. The summed E-state index contributed by atoms with van der Waals surface area (Å²) in [5.41, 5.74) is -4.77. The van der Waals surface area contributed by atoms with Crippen LogP contribution in [0.3, 0.4) is 0 Å². The molecule has 0 aromatic heterocycles. The third-order valence-corrected chi connectivity index (χ3v) is 2.76. The van der Waals surface area contributed by atoms with E-state index in [9.17, 15) is 35.9 Å². The summed E-state index contributed by atoms with van der Waals surface area (Å²) < 4.78 is 79.7. The number of carbonyl (C=O) groups is 2. The maximum Gasteiger partial charge on any atom is 0.453 e. The number of hydrogen-bond donors (Lipinski definition) is 0. The largest absolute Gasteiger partial charge is 0.453 e. The molecular weight excluding hydrogens is 308 g/mol. The molecule has 0 radical (unpaired) electrons. The van der Waals surface area contributed by atoms with Gasteiger partial charge in [-0.05, 0) is 18.6 Å². The lowest BCUT2D eigenvalue weighted by atomic mass is 10.1. The first-order valence-corrected chi connectivity index (χ1v) is 5.00. The molecule has 1 saturated heterocycles. The van der Waals surface area contributed by atoms with Crippen LogP contribution in [-0.2, 0) is 14.3 Å². The lowest BCUT2D eigenvalue weighted by Gasteiger charge is -2.37. The highest BCUT2D eigenvalue weighted by Gasteiger charge is 2.81. The van der Waals surface area contributed by atoms with Crippen LogP contribution in [0.5, 0.6) is 0 Å². The Labute approximate surface area is 107 Å². The zero-order chi connectivity index (χ0) is 15.2. The highest BCUT2D eigenvalue weighted by Crippen LogP contribution is 2.51. The summed E-state index contributed by atoms with van der Waals surface area (Å²) in [6.45, 7) is 0. The van der Waals surface area contributed by atoms with Gasteiger partial charge >= 0.3 is 24.0 Å². The van der Waals surface area contributed by atoms with E-state index in [4.69, 9.17) is 11.6 Å². The zero-order valence-corrected chi connectivity index (χ0v) is 9.86. The fourth-order valence-electron chi connectivity index (χ4n) is 1.71. The van der Waals surface area contributed by atoms with Gasteiger partial charge in [0, 0.05) is 6.42 Å². The summed E-state index contributed by atoms with van der Waals surface area (Å²) in [6.07, 6.45) is -12.9. The van der Waals surface area contributed by atoms with Crippen molar-refractivity contribution >= 4 is 22.8 Å². The van der Waals surface area contributed by atoms with Crippen LogP contribution in [-0.4, -0.2) is 47.3 Å². The van der Waals surface area contributed by atoms with Gasteiger partial charge < -0.3 is 4.74 Å². The second kappa shape index (κ2) is 4.51. The van der Waals surface area contributed by atoms with Gasteiger partial charge in [-0.15, -0.1) is 0 Å². The van der Waals surface area contributed by atoms with E-state index in [1.54, 1.807) is 0 Å². The van der Waals surface area contributed by atoms with Crippen LogP contribution in [0.4, 0.5) is 26.3 Å². The van der Waals surface area contributed by atoms with Crippen molar-refractivity contribution in [2.24, 2.45) is 0 Å². The van der Waals surface area contributed by atoms with Gasteiger partial charge in [0.25, 0.3) is 0 Å². The molecule has 11 heteroatoms. The molecule has 0 bridgehead atoms. The van der Waals surface area contributed by atoms with Crippen LogP contribution in [0.1, 0.15) is 6.42 Å². The predicted molar refractivity (Wildman–Crippen MR) is 48.0 cm³/mol. The van der Waals surface area contributed by atoms with Gasteiger partial charge in [-0.1, -0.05) is 0 Å². The number of halogens is 7. The summed E-state index contributed by atoms with van der Waals surface area (Å²) in [4.78, 5) is 21.3. The van der Waals surface area contributed by atoms with Crippen molar-refractivity contribution < 1.29 is 40.7 Å². The van der Waals surface area contributed by atoms with Crippen molar-refractivity contribution in [2.75, 3.05) is 7.05 Å². The minimum Gasteiger partial charge on any atom is -0.423 e. The van der Waals surface area contributed by atoms with E-state index >= 15 is 0 Å². The number of cyclic esters (lactones) is 1. The molecule has 4 nitrogen and oxygen atoms in total. The molecule has 1 aliphatic heterocycles. The normalized spacial score (nSPS) is 24.4.